The molecule has 0 spiro atoms. The first-order valence-corrected chi connectivity index (χ1v) is 2.62. The van der Waals surface area contributed by atoms with E-state index in [0.717, 1.165) is 0 Å². The van der Waals surface area contributed by atoms with Gasteiger partial charge in [0.1, 0.15) is 0 Å². The van der Waals surface area contributed by atoms with Crippen LogP contribution in [0.4, 0.5) is 4.79 Å². The number of rotatable bonds is 2. The predicted molar refractivity (Wildman–Crippen MR) is 38.9 cm³/mol. The molecule has 2 aliphatic rings. The van der Waals surface area contributed by atoms with E-state index in [1.54, 1.807) is 0 Å². The van der Waals surface area contributed by atoms with Crippen LogP contribution >= 0.6 is 0 Å². The van der Waals surface area contributed by atoms with Crippen molar-refractivity contribution in [3.05, 3.63) is 0 Å². The van der Waals surface area contributed by atoms with Gasteiger partial charge in [0.15, 0.2) is 0 Å². The van der Waals surface area contributed by atoms with Gasteiger partial charge < -0.3 is 19.7 Å². The van der Waals surface area contributed by atoms with E-state index < -0.39 is 18.5 Å². The van der Waals surface area contributed by atoms with Crippen LogP contribution in [0.2, 0.25) is 0 Å². The first-order valence-electron chi connectivity index (χ1n) is 2.62. The first kappa shape index (κ1) is 15.5. The minimum atomic E-state index is -2.43. The summed E-state index contributed by atoms with van der Waals surface area (Å²) in [7, 11) is 0. The molecule has 0 aromatic rings. The van der Waals surface area contributed by atoms with Crippen LogP contribution in [0.5, 0.6) is 0 Å². The Hall–Kier alpha value is 1.55. The number of hydrogen-bond acceptors (Lipinski definition) is 9. The molecule has 9 nitrogen and oxygen atoms in total. The monoisotopic (exact) mass is 266 g/mol. The van der Waals surface area contributed by atoms with Gasteiger partial charge in [0, 0.05) is 0 Å². The van der Waals surface area contributed by atoms with Crippen molar-refractivity contribution >= 4 is 81.6 Å². The number of hydrogen-bond donors (Lipinski definition) is 2. The molecule has 0 aromatic carbocycles. The van der Waals surface area contributed by atoms with Crippen molar-refractivity contribution in [1.29, 1.82) is 0 Å². The fourth-order valence-electron chi connectivity index (χ4n) is 0.371. The molecule has 0 bridgehead atoms. The van der Waals surface area contributed by atoms with E-state index in [1.807, 2.05) is 0 Å². The zero-order valence-electron chi connectivity index (χ0n) is 5.25. The Morgan fingerprint density at radius 1 is 0.929 bits per heavy atom. The fourth-order valence-corrected chi connectivity index (χ4v) is 0.371. The summed E-state index contributed by atoms with van der Waals surface area (Å²) in [6.07, 6.45) is -6.35. The second-order valence-electron chi connectivity index (χ2n) is 1.84. The first-order chi connectivity index (χ1) is 5.52. The molecule has 0 aromatic heterocycles. The minimum absolute atomic E-state index is 0. The van der Waals surface area contributed by atoms with E-state index in [-0.39, 0.29) is 75.5 Å². The molecule has 14 heavy (non-hydrogen) atoms. The molecule has 0 atom stereocenters. The maximum absolute atomic E-state index is 10.5. The van der Waals surface area contributed by atoms with Crippen LogP contribution in [0, 0.1) is 0 Å². The third-order valence-electron chi connectivity index (χ3n) is 0.876. The molecular weight excluding hydrogens is 260 g/mol. The van der Waals surface area contributed by atoms with E-state index >= 15 is 0 Å². The molecule has 2 N–H and O–H groups in total. The molecule has 0 unspecified atom stereocenters. The van der Waals surface area contributed by atoms with Gasteiger partial charge in [-0.3, -0.25) is 0 Å². The number of ether oxygens (including phenoxy) is 2. The van der Waals surface area contributed by atoms with Gasteiger partial charge >= 0.3 is 94.0 Å². The fraction of sp³-hybridized carbons (Fsp3) is 0.667. The van der Waals surface area contributed by atoms with E-state index in [2.05, 4.69) is 29.0 Å². The van der Waals surface area contributed by atoms with Gasteiger partial charge in [0.2, 0.25) is 0 Å². The number of aliphatic hydroxyl groups is 2. The van der Waals surface area contributed by atoms with Gasteiger partial charge in [-0.1, -0.05) is 0 Å². The average molecular weight is 266 g/mol. The van der Waals surface area contributed by atoms with Crippen molar-refractivity contribution in [2.45, 2.75) is 12.3 Å². The van der Waals surface area contributed by atoms with E-state index in [9.17, 15) is 4.79 Å². The van der Waals surface area contributed by atoms with Gasteiger partial charge in [-0.15, -0.1) is 19.6 Å². The summed E-state index contributed by atoms with van der Waals surface area (Å²) >= 11 is 0. The van der Waals surface area contributed by atoms with Gasteiger partial charge in [0.05, 0.1) is 0 Å². The zero-order valence-corrected chi connectivity index (χ0v) is 5.25. The number of carbonyl (C=O) groups is 1. The SMILES string of the molecule is O=C(OC1(O)OO1)OC1(O)OO1.[CaH2].[CaH2]. The molecule has 2 rings (SSSR count). The van der Waals surface area contributed by atoms with Crippen LogP contribution in [0.3, 0.4) is 0 Å². The Morgan fingerprint density at radius 3 is 1.43 bits per heavy atom. The quantitative estimate of drug-likeness (QED) is 0.171. The van der Waals surface area contributed by atoms with Crippen LogP contribution in [0.25, 0.3) is 0 Å². The summed E-state index contributed by atoms with van der Waals surface area (Å²) in [6, 6.07) is 0. The zero-order chi connectivity index (χ0) is 8.82. The van der Waals surface area contributed by atoms with Gasteiger partial charge in [-0.25, -0.2) is 4.79 Å². The van der Waals surface area contributed by atoms with Crippen molar-refractivity contribution in [1.82, 2.24) is 0 Å². The molecular formula is C3H6Ca2O9. The summed E-state index contributed by atoms with van der Waals surface area (Å²) in [5, 5.41) is 17.2. The van der Waals surface area contributed by atoms with Crippen molar-refractivity contribution in [2.24, 2.45) is 0 Å². The van der Waals surface area contributed by atoms with Crippen LogP contribution in [0.15, 0.2) is 0 Å². The summed E-state index contributed by atoms with van der Waals surface area (Å²) < 4.78 is 7.79. The Bertz CT molecular complexity index is 200. The summed E-state index contributed by atoms with van der Waals surface area (Å²) in [6.45, 7) is 0. The van der Waals surface area contributed by atoms with Crippen molar-refractivity contribution in [3.8, 4) is 0 Å². The third kappa shape index (κ3) is 4.60. The van der Waals surface area contributed by atoms with Crippen molar-refractivity contribution in [2.75, 3.05) is 0 Å². The van der Waals surface area contributed by atoms with Crippen LogP contribution in [0.1, 0.15) is 0 Å². The van der Waals surface area contributed by atoms with Crippen molar-refractivity contribution < 1.29 is 44.0 Å². The van der Waals surface area contributed by atoms with E-state index in [1.165, 1.54) is 0 Å². The molecule has 11 heteroatoms. The molecule has 2 fully saturated rings. The molecule has 0 saturated carbocycles. The molecule has 0 radical (unpaired) electrons. The number of carbonyl (C=O) groups excluding carboxylic acids is 1. The Labute approximate surface area is 136 Å². The normalized spacial score (nSPS) is 23.6. The maximum atomic E-state index is 10.5. The molecule has 2 heterocycles. The molecule has 0 amide bonds. The molecule has 76 valence electrons. The Morgan fingerprint density at radius 2 is 1.21 bits per heavy atom. The molecule has 2 saturated heterocycles. The standard InChI is InChI=1S/C3H2O9.2Ca.4H/c4-1(7-2(5)9-10-2)8-3(6)11-12-3;;;;;;/h5-6H;;;;;;. The molecule has 2 aliphatic heterocycles. The van der Waals surface area contributed by atoms with Gasteiger partial charge in [-0.2, -0.15) is 0 Å². The Balaban J connectivity index is 0.000000845. The van der Waals surface area contributed by atoms with Crippen LogP contribution < -0.4 is 0 Å². The van der Waals surface area contributed by atoms with E-state index in [0.29, 0.717) is 0 Å². The molecule has 0 aliphatic carbocycles. The summed E-state index contributed by atoms with van der Waals surface area (Å²) in [5.41, 5.74) is 0. The van der Waals surface area contributed by atoms with Crippen LogP contribution in [-0.4, -0.2) is 104 Å². The second-order valence-corrected chi connectivity index (χ2v) is 1.84. The average Bonchev–Trinajstić information content (AvgIpc) is 2.76. The van der Waals surface area contributed by atoms with Crippen LogP contribution in [-0.2, 0) is 29.0 Å². The van der Waals surface area contributed by atoms with E-state index in [4.69, 9.17) is 10.2 Å². The topological polar surface area (TPSA) is 126 Å². The van der Waals surface area contributed by atoms with Gasteiger partial charge in [-0.05, 0) is 0 Å². The summed E-state index contributed by atoms with van der Waals surface area (Å²) in [5.74, 6) is 0. The third-order valence-corrected chi connectivity index (χ3v) is 0.876. The van der Waals surface area contributed by atoms with Crippen molar-refractivity contribution in [3.63, 3.8) is 0 Å². The second kappa shape index (κ2) is 5.25. The van der Waals surface area contributed by atoms with Gasteiger partial charge in [0.25, 0.3) is 0 Å². The Kier molecular flexibility index (Phi) is 5.83. The predicted octanol–water partition coefficient (Wildman–Crippen LogP) is -3.56. The summed E-state index contributed by atoms with van der Waals surface area (Å²) in [4.78, 5) is 25.6.